The molecule has 4 nitrogen and oxygen atoms in total. The number of aryl methyl sites for hydroxylation is 1. The number of amides is 1. The van der Waals surface area contributed by atoms with Gasteiger partial charge in [-0.2, -0.15) is 0 Å². The number of aromatic nitrogens is 2. The molecule has 2 rings (SSSR count). The SMILES string of the molecule is Cc1nc(C(=O)Nc2ccc(I)cn2)cs1. The van der Waals surface area contributed by atoms with E-state index in [0.717, 1.165) is 8.58 Å². The maximum atomic E-state index is 11.7. The lowest BCUT2D eigenvalue weighted by atomic mass is 10.4. The first-order valence-electron chi connectivity index (χ1n) is 4.50. The van der Waals surface area contributed by atoms with Crippen LogP contribution in [-0.4, -0.2) is 15.9 Å². The number of thiazole rings is 1. The van der Waals surface area contributed by atoms with Crippen LogP contribution < -0.4 is 5.32 Å². The molecule has 6 heteroatoms. The number of carbonyl (C=O) groups excluding carboxylic acids is 1. The Morgan fingerprint density at radius 2 is 2.31 bits per heavy atom. The van der Waals surface area contributed by atoms with Crippen LogP contribution in [0.4, 0.5) is 5.82 Å². The molecule has 2 aromatic heterocycles. The van der Waals surface area contributed by atoms with Gasteiger partial charge in [-0.1, -0.05) is 0 Å². The van der Waals surface area contributed by atoms with Gasteiger partial charge in [0.05, 0.1) is 5.01 Å². The maximum absolute atomic E-state index is 11.7. The van der Waals surface area contributed by atoms with Crippen molar-refractivity contribution in [1.82, 2.24) is 9.97 Å². The highest BCUT2D eigenvalue weighted by molar-refractivity contribution is 14.1. The number of rotatable bonds is 2. The molecule has 1 N–H and O–H groups in total. The molecule has 0 spiro atoms. The van der Waals surface area contributed by atoms with Crippen molar-refractivity contribution in [2.75, 3.05) is 5.32 Å². The van der Waals surface area contributed by atoms with Gasteiger partial charge in [0.25, 0.3) is 5.91 Å². The Kier molecular flexibility index (Phi) is 3.49. The Bertz CT molecular complexity index is 509. The third-order valence-corrected chi connectivity index (χ3v) is 3.23. The second-order valence-corrected chi connectivity index (χ2v) is 5.38. The first-order chi connectivity index (χ1) is 7.65. The molecule has 0 fully saturated rings. The first kappa shape index (κ1) is 11.5. The van der Waals surface area contributed by atoms with E-state index in [1.165, 1.54) is 11.3 Å². The number of halogens is 1. The topological polar surface area (TPSA) is 54.9 Å². The summed E-state index contributed by atoms with van der Waals surface area (Å²) in [7, 11) is 0. The fraction of sp³-hybridized carbons (Fsp3) is 0.100. The molecular weight excluding hydrogens is 337 g/mol. The average molecular weight is 345 g/mol. The van der Waals surface area contributed by atoms with Crippen LogP contribution in [0, 0.1) is 10.5 Å². The third kappa shape index (κ3) is 2.76. The van der Waals surface area contributed by atoms with Crippen molar-refractivity contribution < 1.29 is 4.79 Å². The Labute approximate surface area is 110 Å². The number of carbonyl (C=O) groups is 1. The van der Waals surface area contributed by atoms with Gasteiger partial charge in [0.2, 0.25) is 0 Å². The highest BCUT2D eigenvalue weighted by Crippen LogP contribution is 2.11. The quantitative estimate of drug-likeness (QED) is 0.852. The van der Waals surface area contributed by atoms with E-state index < -0.39 is 0 Å². The average Bonchev–Trinajstić information content (AvgIpc) is 2.68. The number of anilines is 1. The van der Waals surface area contributed by atoms with Gasteiger partial charge in [-0.15, -0.1) is 11.3 Å². The summed E-state index contributed by atoms with van der Waals surface area (Å²) in [6, 6.07) is 3.65. The molecule has 0 saturated heterocycles. The van der Waals surface area contributed by atoms with Crippen LogP contribution in [0.15, 0.2) is 23.7 Å². The number of pyridine rings is 1. The van der Waals surface area contributed by atoms with Crippen LogP contribution in [0.2, 0.25) is 0 Å². The molecule has 16 heavy (non-hydrogen) atoms. The summed E-state index contributed by atoms with van der Waals surface area (Å²) in [5, 5.41) is 5.30. The van der Waals surface area contributed by atoms with E-state index in [1.807, 2.05) is 13.0 Å². The van der Waals surface area contributed by atoms with Crippen molar-refractivity contribution >= 4 is 45.7 Å². The van der Waals surface area contributed by atoms with Gasteiger partial charge in [0, 0.05) is 15.1 Å². The lowest BCUT2D eigenvalue weighted by Crippen LogP contribution is -2.13. The molecule has 0 aliphatic rings. The molecule has 2 aromatic rings. The zero-order valence-corrected chi connectivity index (χ0v) is 11.4. The number of hydrogen-bond donors (Lipinski definition) is 1. The van der Waals surface area contributed by atoms with Crippen LogP contribution in [0.5, 0.6) is 0 Å². The summed E-state index contributed by atoms with van der Waals surface area (Å²) in [6.07, 6.45) is 1.70. The van der Waals surface area contributed by atoms with Gasteiger partial charge in [0.1, 0.15) is 11.5 Å². The minimum Gasteiger partial charge on any atom is -0.305 e. The van der Waals surface area contributed by atoms with Gasteiger partial charge < -0.3 is 5.32 Å². The van der Waals surface area contributed by atoms with Crippen molar-refractivity contribution in [2.24, 2.45) is 0 Å². The van der Waals surface area contributed by atoms with Crippen LogP contribution in [0.25, 0.3) is 0 Å². The van der Waals surface area contributed by atoms with Gasteiger partial charge >= 0.3 is 0 Å². The predicted octanol–water partition coefficient (Wildman–Crippen LogP) is 2.70. The molecule has 0 aromatic carbocycles. The van der Waals surface area contributed by atoms with Crippen LogP contribution >= 0.6 is 33.9 Å². The summed E-state index contributed by atoms with van der Waals surface area (Å²) in [6.45, 7) is 1.87. The van der Waals surface area contributed by atoms with Crippen molar-refractivity contribution in [3.63, 3.8) is 0 Å². The predicted molar refractivity (Wildman–Crippen MR) is 71.8 cm³/mol. The van der Waals surface area contributed by atoms with E-state index in [9.17, 15) is 4.79 Å². The molecule has 82 valence electrons. The lowest BCUT2D eigenvalue weighted by Gasteiger charge is -2.01. The summed E-state index contributed by atoms with van der Waals surface area (Å²) in [5.41, 5.74) is 0.433. The second-order valence-electron chi connectivity index (χ2n) is 3.07. The zero-order valence-electron chi connectivity index (χ0n) is 8.40. The molecule has 0 radical (unpaired) electrons. The van der Waals surface area contributed by atoms with Gasteiger partial charge in [-0.25, -0.2) is 9.97 Å². The van der Waals surface area contributed by atoms with Crippen molar-refractivity contribution in [1.29, 1.82) is 0 Å². The highest BCUT2D eigenvalue weighted by Gasteiger charge is 2.09. The minimum atomic E-state index is -0.224. The molecule has 1 amide bonds. The monoisotopic (exact) mass is 345 g/mol. The zero-order chi connectivity index (χ0) is 11.5. The molecule has 0 aliphatic carbocycles. The Balaban J connectivity index is 2.10. The van der Waals surface area contributed by atoms with Crippen LogP contribution in [-0.2, 0) is 0 Å². The van der Waals surface area contributed by atoms with Crippen LogP contribution in [0.1, 0.15) is 15.5 Å². The molecule has 0 unspecified atom stereocenters. The van der Waals surface area contributed by atoms with Gasteiger partial charge in [0.15, 0.2) is 0 Å². The maximum Gasteiger partial charge on any atom is 0.276 e. The fourth-order valence-electron chi connectivity index (χ4n) is 1.10. The molecule has 0 saturated carbocycles. The summed E-state index contributed by atoms with van der Waals surface area (Å²) in [4.78, 5) is 19.9. The number of nitrogens with one attached hydrogen (secondary N) is 1. The van der Waals surface area contributed by atoms with E-state index in [-0.39, 0.29) is 5.91 Å². The molecule has 2 heterocycles. The standard InChI is InChI=1S/C10H8IN3OS/c1-6-13-8(5-16-6)10(15)14-9-3-2-7(11)4-12-9/h2-5H,1H3,(H,12,14,15). The van der Waals surface area contributed by atoms with E-state index in [2.05, 4.69) is 37.9 Å². The molecule has 0 atom stereocenters. The second kappa shape index (κ2) is 4.88. The number of hydrogen-bond acceptors (Lipinski definition) is 4. The third-order valence-electron chi connectivity index (χ3n) is 1.82. The summed E-state index contributed by atoms with van der Waals surface area (Å²) >= 11 is 3.61. The fourth-order valence-corrected chi connectivity index (χ4v) is 2.01. The lowest BCUT2D eigenvalue weighted by molar-refractivity contribution is 0.102. The van der Waals surface area contributed by atoms with Crippen LogP contribution in [0.3, 0.4) is 0 Å². The largest absolute Gasteiger partial charge is 0.305 e. The number of nitrogens with zero attached hydrogens (tertiary/aromatic N) is 2. The first-order valence-corrected chi connectivity index (χ1v) is 6.46. The van der Waals surface area contributed by atoms with E-state index in [1.54, 1.807) is 17.6 Å². The van der Waals surface area contributed by atoms with Crippen molar-refractivity contribution in [3.8, 4) is 0 Å². The molecular formula is C10H8IN3OS. The van der Waals surface area contributed by atoms with E-state index in [4.69, 9.17) is 0 Å². The Morgan fingerprint density at radius 3 is 2.88 bits per heavy atom. The summed E-state index contributed by atoms with van der Waals surface area (Å²) in [5.74, 6) is 0.314. The Morgan fingerprint density at radius 1 is 1.50 bits per heavy atom. The smallest absolute Gasteiger partial charge is 0.276 e. The minimum absolute atomic E-state index is 0.224. The normalized spacial score (nSPS) is 10.1. The van der Waals surface area contributed by atoms with Crippen molar-refractivity contribution in [2.45, 2.75) is 6.92 Å². The van der Waals surface area contributed by atoms with Gasteiger partial charge in [-0.3, -0.25) is 4.79 Å². The van der Waals surface area contributed by atoms with E-state index in [0.29, 0.717) is 11.5 Å². The Hall–Kier alpha value is -1.02. The summed E-state index contributed by atoms with van der Waals surface area (Å²) < 4.78 is 1.03. The molecule has 0 aliphatic heterocycles. The van der Waals surface area contributed by atoms with Crippen molar-refractivity contribution in [3.05, 3.63) is 38.0 Å². The molecule has 0 bridgehead atoms. The highest BCUT2D eigenvalue weighted by atomic mass is 127. The van der Waals surface area contributed by atoms with Gasteiger partial charge in [-0.05, 0) is 41.6 Å². The van der Waals surface area contributed by atoms with E-state index >= 15 is 0 Å².